The minimum atomic E-state index is -0.427. The maximum Gasteiger partial charge on any atom is 0.246 e. The second kappa shape index (κ2) is 6.41. The van der Waals surface area contributed by atoms with Crippen LogP contribution < -0.4 is 5.73 Å². The van der Waals surface area contributed by atoms with Crippen molar-refractivity contribution < 1.29 is 14.3 Å². The molecule has 2 saturated heterocycles. The summed E-state index contributed by atoms with van der Waals surface area (Å²) >= 11 is 0. The molecule has 3 heterocycles. The van der Waals surface area contributed by atoms with Gasteiger partial charge in [-0.3, -0.25) is 14.6 Å². The van der Waals surface area contributed by atoms with E-state index in [1.807, 2.05) is 23.1 Å². The number of hydrogen-bond donors (Lipinski definition) is 1. The molecule has 0 spiro atoms. The molecule has 1 saturated carbocycles. The third kappa shape index (κ3) is 3.03. The number of carbonyl (C=O) groups excluding carboxylic acids is 2. The van der Waals surface area contributed by atoms with Crippen LogP contribution in [0.25, 0.3) is 0 Å². The lowest BCUT2D eigenvalue weighted by Gasteiger charge is -2.36. The lowest BCUT2D eigenvalue weighted by molar-refractivity contribution is -0.136. The normalized spacial score (nSPS) is 28.7. The van der Waals surface area contributed by atoms with Gasteiger partial charge in [0.1, 0.15) is 6.10 Å². The monoisotopic (exact) mass is 343 g/mol. The summed E-state index contributed by atoms with van der Waals surface area (Å²) in [6.45, 7) is 1.53. The van der Waals surface area contributed by atoms with E-state index < -0.39 is 6.10 Å². The van der Waals surface area contributed by atoms with Crippen LogP contribution in [0.5, 0.6) is 0 Å². The van der Waals surface area contributed by atoms with Crippen molar-refractivity contribution in [2.45, 2.75) is 56.1 Å². The van der Waals surface area contributed by atoms with Crippen LogP contribution in [0.3, 0.4) is 0 Å². The van der Waals surface area contributed by atoms with Gasteiger partial charge in [-0.25, -0.2) is 0 Å². The summed E-state index contributed by atoms with van der Waals surface area (Å²) in [6, 6.07) is 5.80. The molecule has 4 rings (SSSR count). The SMILES string of the molecule is NC(=O)[C@H]1CC[C@@H](C2CCN(C(=O)C3(c4ccccn4)CC3)CC2)O1. The fraction of sp³-hybridized carbons (Fsp3) is 0.632. The minimum Gasteiger partial charge on any atom is -0.367 e. The van der Waals surface area contributed by atoms with Gasteiger partial charge in [0, 0.05) is 19.3 Å². The number of aromatic nitrogens is 1. The van der Waals surface area contributed by atoms with Gasteiger partial charge in [-0.15, -0.1) is 0 Å². The zero-order chi connectivity index (χ0) is 17.4. The Bertz CT molecular complexity index is 651. The van der Waals surface area contributed by atoms with E-state index in [2.05, 4.69) is 4.98 Å². The van der Waals surface area contributed by atoms with Gasteiger partial charge in [-0.05, 0) is 56.6 Å². The van der Waals surface area contributed by atoms with Crippen molar-refractivity contribution in [2.24, 2.45) is 11.7 Å². The third-order valence-electron chi connectivity index (χ3n) is 6.04. The topological polar surface area (TPSA) is 85.5 Å². The average Bonchev–Trinajstić information content (AvgIpc) is 3.31. The number of pyridine rings is 1. The Morgan fingerprint density at radius 1 is 1.16 bits per heavy atom. The Morgan fingerprint density at radius 3 is 2.48 bits per heavy atom. The molecular formula is C19H25N3O3. The highest BCUT2D eigenvalue weighted by Gasteiger charge is 2.54. The Morgan fingerprint density at radius 2 is 1.92 bits per heavy atom. The molecule has 6 nitrogen and oxygen atoms in total. The van der Waals surface area contributed by atoms with Crippen molar-refractivity contribution in [3.05, 3.63) is 30.1 Å². The molecule has 1 aromatic heterocycles. The first-order chi connectivity index (χ1) is 12.1. The van der Waals surface area contributed by atoms with E-state index in [0.29, 0.717) is 5.92 Å². The molecule has 3 fully saturated rings. The summed E-state index contributed by atoms with van der Waals surface area (Å²) in [5.41, 5.74) is 5.87. The number of rotatable bonds is 4. The summed E-state index contributed by atoms with van der Waals surface area (Å²) in [5.74, 6) is 0.284. The number of ether oxygens (including phenoxy) is 1. The third-order valence-corrected chi connectivity index (χ3v) is 6.04. The van der Waals surface area contributed by atoms with E-state index in [9.17, 15) is 9.59 Å². The standard InChI is InChI=1S/C19H25N3O3/c20-17(23)15-5-4-14(25-15)13-6-11-22(12-7-13)18(24)19(8-9-19)16-3-1-2-10-21-16/h1-3,10,13-15H,4-9,11-12H2,(H2,20,23)/t14-,15+/m0/s1. The summed E-state index contributed by atoms with van der Waals surface area (Å²) < 4.78 is 5.82. The quantitative estimate of drug-likeness (QED) is 0.895. The molecule has 0 radical (unpaired) electrons. The van der Waals surface area contributed by atoms with Gasteiger partial charge >= 0.3 is 0 Å². The van der Waals surface area contributed by atoms with E-state index in [-0.39, 0.29) is 23.3 Å². The molecule has 25 heavy (non-hydrogen) atoms. The van der Waals surface area contributed by atoms with Crippen LogP contribution in [0.15, 0.2) is 24.4 Å². The molecule has 2 aliphatic heterocycles. The Balaban J connectivity index is 1.35. The van der Waals surface area contributed by atoms with Crippen LogP contribution in [-0.4, -0.2) is 47.0 Å². The second-order valence-corrected chi connectivity index (χ2v) is 7.57. The van der Waals surface area contributed by atoms with Gasteiger partial charge in [0.2, 0.25) is 11.8 Å². The zero-order valence-electron chi connectivity index (χ0n) is 14.4. The first-order valence-corrected chi connectivity index (χ1v) is 9.26. The Kier molecular flexibility index (Phi) is 4.23. The maximum absolute atomic E-state index is 13.0. The number of hydrogen-bond acceptors (Lipinski definition) is 4. The van der Waals surface area contributed by atoms with Crippen LogP contribution in [0, 0.1) is 5.92 Å². The fourth-order valence-corrected chi connectivity index (χ4v) is 4.35. The minimum absolute atomic E-state index is 0.112. The number of amides is 2. The van der Waals surface area contributed by atoms with Gasteiger partial charge in [0.05, 0.1) is 17.2 Å². The number of nitrogens with two attached hydrogens (primary N) is 1. The van der Waals surface area contributed by atoms with Crippen LogP contribution in [0.4, 0.5) is 0 Å². The van der Waals surface area contributed by atoms with Gasteiger partial charge < -0.3 is 15.4 Å². The fourth-order valence-electron chi connectivity index (χ4n) is 4.35. The molecular weight excluding hydrogens is 318 g/mol. The average molecular weight is 343 g/mol. The number of primary amides is 1. The number of likely N-dealkylation sites (tertiary alicyclic amines) is 1. The summed E-state index contributed by atoms with van der Waals surface area (Å²) in [5, 5.41) is 0. The Labute approximate surface area is 147 Å². The van der Waals surface area contributed by atoms with Gasteiger partial charge in [0.25, 0.3) is 0 Å². The lowest BCUT2D eigenvalue weighted by atomic mass is 9.88. The largest absolute Gasteiger partial charge is 0.367 e. The molecule has 6 heteroatoms. The van der Waals surface area contributed by atoms with Crippen molar-refractivity contribution >= 4 is 11.8 Å². The highest BCUT2D eigenvalue weighted by Crippen LogP contribution is 2.49. The van der Waals surface area contributed by atoms with E-state index in [4.69, 9.17) is 10.5 Å². The smallest absolute Gasteiger partial charge is 0.246 e. The van der Waals surface area contributed by atoms with Gasteiger partial charge in [-0.2, -0.15) is 0 Å². The highest BCUT2D eigenvalue weighted by molar-refractivity contribution is 5.90. The van der Waals surface area contributed by atoms with Gasteiger partial charge in [-0.1, -0.05) is 6.07 Å². The van der Waals surface area contributed by atoms with Crippen molar-refractivity contribution in [3.63, 3.8) is 0 Å². The molecule has 1 aromatic rings. The van der Waals surface area contributed by atoms with E-state index in [0.717, 1.165) is 57.3 Å². The molecule has 2 N–H and O–H groups in total. The first kappa shape index (κ1) is 16.5. The molecule has 0 bridgehead atoms. The summed E-state index contributed by atoms with van der Waals surface area (Å²) in [4.78, 5) is 30.7. The highest BCUT2D eigenvalue weighted by atomic mass is 16.5. The van der Waals surface area contributed by atoms with E-state index >= 15 is 0 Å². The van der Waals surface area contributed by atoms with Crippen molar-refractivity contribution in [2.75, 3.05) is 13.1 Å². The van der Waals surface area contributed by atoms with E-state index in [1.54, 1.807) is 6.20 Å². The Hall–Kier alpha value is -1.95. The molecule has 1 aliphatic carbocycles. The van der Waals surface area contributed by atoms with Crippen LogP contribution in [0.1, 0.15) is 44.2 Å². The molecule has 134 valence electrons. The summed E-state index contributed by atoms with van der Waals surface area (Å²) in [6.07, 6.45) is 6.72. The first-order valence-electron chi connectivity index (χ1n) is 9.26. The molecule has 0 aromatic carbocycles. The van der Waals surface area contributed by atoms with Crippen LogP contribution >= 0.6 is 0 Å². The lowest BCUT2D eigenvalue weighted by Crippen LogP contribution is -2.46. The van der Waals surface area contributed by atoms with E-state index in [1.165, 1.54) is 0 Å². The summed E-state index contributed by atoms with van der Waals surface area (Å²) in [7, 11) is 0. The maximum atomic E-state index is 13.0. The number of piperidine rings is 1. The zero-order valence-corrected chi connectivity index (χ0v) is 14.4. The van der Waals surface area contributed by atoms with Crippen LogP contribution in [-0.2, 0) is 19.7 Å². The predicted octanol–water partition coefficient (Wildman–Crippen LogP) is 1.38. The van der Waals surface area contributed by atoms with Crippen molar-refractivity contribution in [1.82, 2.24) is 9.88 Å². The van der Waals surface area contributed by atoms with Crippen molar-refractivity contribution in [1.29, 1.82) is 0 Å². The molecule has 0 unspecified atom stereocenters. The molecule has 2 amide bonds. The van der Waals surface area contributed by atoms with Gasteiger partial charge in [0.15, 0.2) is 0 Å². The van der Waals surface area contributed by atoms with Crippen LogP contribution in [0.2, 0.25) is 0 Å². The number of nitrogens with zero attached hydrogens (tertiary/aromatic N) is 2. The number of carbonyl (C=O) groups is 2. The molecule has 3 aliphatic rings. The second-order valence-electron chi connectivity index (χ2n) is 7.57. The molecule has 2 atom stereocenters. The van der Waals surface area contributed by atoms with Crippen molar-refractivity contribution in [3.8, 4) is 0 Å². The predicted molar refractivity (Wildman–Crippen MR) is 91.5 cm³/mol.